The van der Waals surface area contributed by atoms with E-state index in [2.05, 4.69) is 6.07 Å². The van der Waals surface area contributed by atoms with E-state index in [-0.39, 0.29) is 12.0 Å². The zero-order chi connectivity index (χ0) is 11.5. The average Bonchev–Trinajstić information content (AvgIpc) is 2.28. The van der Waals surface area contributed by atoms with Crippen LogP contribution < -0.4 is 4.74 Å². The molecule has 1 aromatic carbocycles. The topological polar surface area (TPSA) is 29.5 Å². The Balaban J connectivity index is 3.13. The van der Waals surface area contributed by atoms with Crippen molar-refractivity contribution in [2.45, 2.75) is 24.2 Å². The van der Waals surface area contributed by atoms with Gasteiger partial charge in [-0.1, -0.05) is 19.9 Å². The van der Waals surface area contributed by atoms with Crippen molar-refractivity contribution >= 4 is 11.8 Å². The van der Waals surface area contributed by atoms with Crippen LogP contribution in [0, 0.1) is 0 Å². The molecule has 0 fully saturated rings. The van der Waals surface area contributed by atoms with Crippen LogP contribution >= 0.6 is 11.8 Å². The van der Waals surface area contributed by atoms with Gasteiger partial charge in [-0.15, -0.1) is 11.8 Å². The van der Waals surface area contributed by atoms with Gasteiger partial charge in [0.25, 0.3) is 0 Å². The number of aliphatic hydroxyl groups excluding tert-OH is 1. The Labute approximate surface area is 95.7 Å². The molecule has 0 saturated carbocycles. The average molecular weight is 226 g/mol. The van der Waals surface area contributed by atoms with Gasteiger partial charge in [0.1, 0.15) is 5.75 Å². The van der Waals surface area contributed by atoms with Crippen molar-refractivity contribution in [2.24, 2.45) is 0 Å². The summed E-state index contributed by atoms with van der Waals surface area (Å²) in [6.07, 6.45) is 2.02. The SMILES string of the molecule is COc1ccc(C(C)(C)CO)cc1SC. The standard InChI is InChI=1S/C12H18O2S/c1-12(2,8-13)9-5-6-10(14-3)11(7-9)15-4/h5-7,13H,8H2,1-4H3. The first-order valence-corrected chi connectivity index (χ1v) is 6.11. The largest absolute Gasteiger partial charge is 0.496 e. The number of rotatable bonds is 4. The fraction of sp³-hybridized carbons (Fsp3) is 0.500. The fourth-order valence-electron chi connectivity index (χ4n) is 1.35. The first-order chi connectivity index (χ1) is 7.05. The second-order valence-electron chi connectivity index (χ2n) is 4.11. The summed E-state index contributed by atoms with van der Waals surface area (Å²) in [6, 6.07) is 6.05. The minimum Gasteiger partial charge on any atom is -0.496 e. The molecule has 0 heterocycles. The summed E-state index contributed by atoms with van der Waals surface area (Å²) in [5.41, 5.74) is 0.937. The van der Waals surface area contributed by atoms with Gasteiger partial charge in [-0.05, 0) is 24.0 Å². The van der Waals surface area contributed by atoms with E-state index in [1.807, 2.05) is 32.2 Å². The highest BCUT2D eigenvalue weighted by atomic mass is 32.2. The Kier molecular flexibility index (Phi) is 4.05. The molecule has 0 amide bonds. The normalized spacial score (nSPS) is 11.5. The van der Waals surface area contributed by atoms with Crippen molar-refractivity contribution in [3.63, 3.8) is 0 Å². The molecule has 0 bridgehead atoms. The van der Waals surface area contributed by atoms with Gasteiger partial charge in [0, 0.05) is 10.3 Å². The molecular formula is C12H18O2S. The molecule has 15 heavy (non-hydrogen) atoms. The molecule has 0 aliphatic heterocycles. The van der Waals surface area contributed by atoms with Gasteiger partial charge in [0.2, 0.25) is 0 Å². The van der Waals surface area contributed by atoms with Gasteiger partial charge in [0.05, 0.1) is 13.7 Å². The maximum absolute atomic E-state index is 9.30. The van der Waals surface area contributed by atoms with Crippen molar-refractivity contribution in [3.8, 4) is 5.75 Å². The second kappa shape index (κ2) is 4.90. The van der Waals surface area contributed by atoms with E-state index in [1.54, 1.807) is 18.9 Å². The van der Waals surface area contributed by atoms with Crippen LogP contribution in [0.15, 0.2) is 23.1 Å². The summed E-state index contributed by atoms with van der Waals surface area (Å²) in [5.74, 6) is 0.889. The molecular weight excluding hydrogens is 208 g/mol. The molecule has 2 nitrogen and oxygen atoms in total. The lowest BCUT2D eigenvalue weighted by atomic mass is 9.86. The monoisotopic (exact) mass is 226 g/mol. The zero-order valence-electron chi connectivity index (χ0n) is 9.70. The third kappa shape index (κ3) is 2.67. The third-order valence-electron chi connectivity index (χ3n) is 2.56. The minimum absolute atomic E-state index is 0.146. The molecule has 0 saturated heterocycles. The van der Waals surface area contributed by atoms with Crippen LogP contribution in [-0.2, 0) is 5.41 Å². The van der Waals surface area contributed by atoms with Crippen molar-refractivity contribution in [1.82, 2.24) is 0 Å². The van der Waals surface area contributed by atoms with E-state index < -0.39 is 0 Å². The number of benzene rings is 1. The van der Waals surface area contributed by atoms with E-state index in [9.17, 15) is 5.11 Å². The van der Waals surface area contributed by atoms with Crippen LogP contribution in [0.4, 0.5) is 0 Å². The number of ether oxygens (including phenoxy) is 1. The van der Waals surface area contributed by atoms with E-state index in [0.29, 0.717) is 0 Å². The Morgan fingerprint density at radius 3 is 2.53 bits per heavy atom. The molecule has 0 spiro atoms. The Morgan fingerprint density at radius 1 is 1.40 bits per heavy atom. The van der Waals surface area contributed by atoms with Gasteiger partial charge in [-0.3, -0.25) is 0 Å². The van der Waals surface area contributed by atoms with Crippen molar-refractivity contribution in [1.29, 1.82) is 0 Å². The fourth-order valence-corrected chi connectivity index (χ4v) is 1.95. The zero-order valence-corrected chi connectivity index (χ0v) is 10.5. The number of aliphatic hydroxyl groups is 1. The highest BCUT2D eigenvalue weighted by Gasteiger charge is 2.20. The number of hydrogen-bond donors (Lipinski definition) is 1. The Bertz CT molecular complexity index is 334. The van der Waals surface area contributed by atoms with E-state index in [0.717, 1.165) is 16.2 Å². The molecule has 0 aliphatic carbocycles. The highest BCUT2D eigenvalue weighted by Crippen LogP contribution is 2.32. The first kappa shape index (κ1) is 12.4. The number of hydrogen-bond acceptors (Lipinski definition) is 3. The Morgan fingerprint density at radius 2 is 2.07 bits per heavy atom. The maximum atomic E-state index is 9.30. The van der Waals surface area contributed by atoms with E-state index in [1.165, 1.54) is 0 Å². The van der Waals surface area contributed by atoms with Gasteiger partial charge < -0.3 is 9.84 Å². The molecule has 3 heteroatoms. The second-order valence-corrected chi connectivity index (χ2v) is 4.96. The lowest BCUT2D eigenvalue weighted by molar-refractivity contribution is 0.218. The molecule has 0 aromatic heterocycles. The van der Waals surface area contributed by atoms with E-state index in [4.69, 9.17) is 4.74 Å². The van der Waals surface area contributed by atoms with Crippen LogP contribution in [0.3, 0.4) is 0 Å². The van der Waals surface area contributed by atoms with Crippen LogP contribution in [0.5, 0.6) is 5.75 Å². The molecule has 1 rings (SSSR count). The quantitative estimate of drug-likeness (QED) is 0.800. The third-order valence-corrected chi connectivity index (χ3v) is 3.32. The minimum atomic E-state index is -0.198. The molecule has 0 aliphatic rings. The van der Waals surface area contributed by atoms with Crippen LogP contribution in [0.2, 0.25) is 0 Å². The van der Waals surface area contributed by atoms with Gasteiger partial charge in [-0.2, -0.15) is 0 Å². The Hall–Kier alpha value is -0.670. The summed E-state index contributed by atoms with van der Waals surface area (Å²) in [7, 11) is 1.67. The van der Waals surface area contributed by atoms with Gasteiger partial charge in [-0.25, -0.2) is 0 Å². The van der Waals surface area contributed by atoms with Crippen LogP contribution in [-0.4, -0.2) is 25.1 Å². The van der Waals surface area contributed by atoms with Crippen molar-refractivity contribution < 1.29 is 9.84 Å². The number of thioether (sulfide) groups is 1. The van der Waals surface area contributed by atoms with Gasteiger partial charge in [0.15, 0.2) is 0 Å². The molecule has 84 valence electrons. The van der Waals surface area contributed by atoms with E-state index >= 15 is 0 Å². The molecule has 0 radical (unpaired) electrons. The first-order valence-electron chi connectivity index (χ1n) is 4.88. The molecule has 1 N–H and O–H groups in total. The molecule has 0 unspecified atom stereocenters. The van der Waals surface area contributed by atoms with Crippen molar-refractivity contribution in [3.05, 3.63) is 23.8 Å². The van der Waals surface area contributed by atoms with Gasteiger partial charge >= 0.3 is 0 Å². The lowest BCUT2D eigenvalue weighted by Crippen LogP contribution is -2.21. The van der Waals surface area contributed by atoms with Crippen molar-refractivity contribution in [2.75, 3.05) is 20.0 Å². The highest BCUT2D eigenvalue weighted by molar-refractivity contribution is 7.98. The molecule has 1 aromatic rings. The summed E-state index contributed by atoms with van der Waals surface area (Å²) < 4.78 is 5.25. The lowest BCUT2D eigenvalue weighted by Gasteiger charge is -2.23. The summed E-state index contributed by atoms with van der Waals surface area (Å²) in [5, 5.41) is 9.30. The smallest absolute Gasteiger partial charge is 0.132 e. The summed E-state index contributed by atoms with van der Waals surface area (Å²) in [4.78, 5) is 1.11. The predicted octanol–water partition coefficient (Wildman–Crippen LogP) is 2.69. The molecule has 0 atom stereocenters. The van der Waals surface area contributed by atoms with Crippen LogP contribution in [0.25, 0.3) is 0 Å². The number of methoxy groups -OCH3 is 1. The van der Waals surface area contributed by atoms with Crippen LogP contribution in [0.1, 0.15) is 19.4 Å². The summed E-state index contributed by atoms with van der Waals surface area (Å²) >= 11 is 1.65. The predicted molar refractivity (Wildman–Crippen MR) is 64.9 cm³/mol. The maximum Gasteiger partial charge on any atom is 0.132 e. The summed E-state index contributed by atoms with van der Waals surface area (Å²) in [6.45, 7) is 4.20.